The van der Waals surface area contributed by atoms with Gasteiger partial charge in [0.25, 0.3) is 5.56 Å². The highest BCUT2D eigenvalue weighted by Crippen LogP contribution is 2.00. The summed E-state index contributed by atoms with van der Waals surface area (Å²) in [5.41, 5.74) is 0.428. The van der Waals surface area contributed by atoms with Gasteiger partial charge in [-0.15, -0.1) is 0 Å². The highest BCUT2D eigenvalue weighted by atomic mass is 32.1. The number of rotatable bonds is 2. The molecule has 0 saturated carbocycles. The molecule has 3 nitrogen and oxygen atoms in total. The summed E-state index contributed by atoms with van der Waals surface area (Å²) in [6.45, 7) is 3.28. The summed E-state index contributed by atoms with van der Waals surface area (Å²) in [7, 11) is 0. The molecule has 0 saturated heterocycles. The Bertz CT molecular complexity index is 286. The fourth-order valence-electron chi connectivity index (χ4n) is 0.615. The molecule has 0 aromatic carbocycles. The first-order valence-corrected chi connectivity index (χ1v) is 3.60. The van der Waals surface area contributed by atoms with Gasteiger partial charge >= 0.3 is 0 Å². The van der Waals surface area contributed by atoms with Gasteiger partial charge in [0.05, 0.1) is 5.76 Å². The molecule has 1 heterocycles. The predicted octanol–water partition coefficient (Wildman–Crippen LogP) is 1.05. The Morgan fingerprint density at radius 3 is 3.00 bits per heavy atom. The van der Waals surface area contributed by atoms with E-state index in [2.05, 4.69) is 11.0 Å². The molecule has 54 valence electrons. The van der Waals surface area contributed by atoms with Crippen molar-refractivity contribution >= 4 is 11.5 Å². The van der Waals surface area contributed by atoms with Gasteiger partial charge < -0.3 is 5.11 Å². The standard InChI is InChI=1S/C6H7NO2S/c1-4(8)2-5-3-10-7-6(5)9/h3,8H,1-2H2,(H,7,9). The summed E-state index contributed by atoms with van der Waals surface area (Å²) in [5.74, 6) is 0.0175. The van der Waals surface area contributed by atoms with Gasteiger partial charge in [0.1, 0.15) is 0 Å². The van der Waals surface area contributed by atoms with Crippen LogP contribution in [0.1, 0.15) is 5.56 Å². The van der Waals surface area contributed by atoms with E-state index < -0.39 is 0 Å². The van der Waals surface area contributed by atoms with Gasteiger partial charge in [0.2, 0.25) is 0 Å². The van der Waals surface area contributed by atoms with Crippen LogP contribution in [0, 0.1) is 0 Å². The van der Waals surface area contributed by atoms with Gasteiger partial charge in [-0.1, -0.05) is 18.1 Å². The van der Waals surface area contributed by atoms with Crippen LogP contribution in [-0.2, 0) is 6.42 Å². The molecule has 0 unspecified atom stereocenters. The van der Waals surface area contributed by atoms with E-state index in [0.717, 1.165) is 0 Å². The van der Waals surface area contributed by atoms with Gasteiger partial charge in [0.15, 0.2) is 0 Å². The average Bonchev–Trinajstić information content (AvgIpc) is 2.15. The number of H-pyrrole nitrogens is 1. The SMILES string of the molecule is C=C(O)Cc1cs[nH]c1=O. The topological polar surface area (TPSA) is 53.1 Å². The van der Waals surface area contributed by atoms with Crippen LogP contribution in [0.15, 0.2) is 22.5 Å². The van der Waals surface area contributed by atoms with E-state index in [1.165, 1.54) is 11.5 Å². The molecule has 0 atom stereocenters. The number of allylic oxidation sites excluding steroid dienone is 1. The van der Waals surface area contributed by atoms with E-state index in [4.69, 9.17) is 5.11 Å². The van der Waals surface area contributed by atoms with Crippen molar-refractivity contribution in [1.29, 1.82) is 0 Å². The molecule has 0 radical (unpaired) electrons. The largest absolute Gasteiger partial charge is 0.513 e. The number of nitrogens with one attached hydrogen (secondary N) is 1. The Balaban J connectivity index is 2.85. The van der Waals surface area contributed by atoms with Crippen molar-refractivity contribution < 1.29 is 5.11 Å². The summed E-state index contributed by atoms with van der Waals surface area (Å²) >= 11 is 1.22. The van der Waals surface area contributed by atoms with Crippen molar-refractivity contribution in [3.05, 3.63) is 33.6 Å². The lowest BCUT2D eigenvalue weighted by Gasteiger charge is -1.89. The van der Waals surface area contributed by atoms with Crippen LogP contribution in [0.2, 0.25) is 0 Å². The fraction of sp³-hybridized carbons (Fsp3) is 0.167. The summed E-state index contributed by atoms with van der Waals surface area (Å²) in [4.78, 5) is 10.8. The van der Waals surface area contributed by atoms with Gasteiger partial charge in [0, 0.05) is 17.4 Å². The minimum absolute atomic E-state index is 0.0175. The fourth-order valence-corrected chi connectivity index (χ4v) is 1.24. The third-order valence-electron chi connectivity index (χ3n) is 1.04. The normalized spacial score (nSPS) is 9.60. The number of aliphatic hydroxyl groups excluding tert-OH is 1. The number of aromatic nitrogens is 1. The molecular weight excluding hydrogens is 150 g/mol. The zero-order valence-corrected chi connectivity index (χ0v) is 6.07. The molecule has 0 aliphatic rings. The molecular formula is C6H7NO2S. The predicted molar refractivity (Wildman–Crippen MR) is 40.4 cm³/mol. The van der Waals surface area contributed by atoms with Crippen molar-refractivity contribution in [3.8, 4) is 0 Å². The van der Waals surface area contributed by atoms with Crippen LogP contribution in [0.5, 0.6) is 0 Å². The van der Waals surface area contributed by atoms with Crippen molar-refractivity contribution in [3.63, 3.8) is 0 Å². The first-order chi connectivity index (χ1) is 4.70. The lowest BCUT2D eigenvalue weighted by molar-refractivity contribution is 0.401. The maximum Gasteiger partial charge on any atom is 0.261 e. The quantitative estimate of drug-likeness (QED) is 0.630. The first kappa shape index (κ1) is 7.08. The molecule has 0 bridgehead atoms. The molecule has 1 aromatic rings. The zero-order chi connectivity index (χ0) is 7.56. The van der Waals surface area contributed by atoms with Gasteiger partial charge in [-0.25, -0.2) is 0 Å². The minimum atomic E-state index is -0.139. The van der Waals surface area contributed by atoms with Gasteiger partial charge in [-0.2, -0.15) is 0 Å². The summed E-state index contributed by atoms with van der Waals surface area (Å²) < 4.78 is 2.51. The highest BCUT2D eigenvalue weighted by Gasteiger charge is 2.00. The van der Waals surface area contributed by atoms with E-state index in [0.29, 0.717) is 5.56 Å². The highest BCUT2D eigenvalue weighted by molar-refractivity contribution is 7.03. The van der Waals surface area contributed by atoms with E-state index in [-0.39, 0.29) is 17.7 Å². The van der Waals surface area contributed by atoms with E-state index in [9.17, 15) is 4.79 Å². The summed E-state index contributed by atoms with van der Waals surface area (Å²) in [6, 6.07) is 0. The maximum absolute atomic E-state index is 10.8. The first-order valence-electron chi connectivity index (χ1n) is 2.72. The van der Waals surface area contributed by atoms with Crippen molar-refractivity contribution in [1.82, 2.24) is 4.37 Å². The Labute approximate surface area is 61.8 Å². The number of aliphatic hydroxyl groups is 1. The van der Waals surface area contributed by atoms with Crippen molar-refractivity contribution in [2.75, 3.05) is 0 Å². The average molecular weight is 157 g/mol. The maximum atomic E-state index is 10.8. The lowest BCUT2D eigenvalue weighted by atomic mass is 10.2. The third kappa shape index (κ3) is 1.48. The summed E-state index contributed by atoms with van der Waals surface area (Å²) in [6.07, 6.45) is 0.249. The molecule has 10 heavy (non-hydrogen) atoms. The molecule has 0 fully saturated rings. The van der Waals surface area contributed by atoms with Crippen LogP contribution >= 0.6 is 11.5 Å². The van der Waals surface area contributed by atoms with E-state index in [1.807, 2.05) is 0 Å². The second-order valence-electron chi connectivity index (χ2n) is 1.94. The van der Waals surface area contributed by atoms with Crippen molar-refractivity contribution in [2.45, 2.75) is 6.42 Å². The molecule has 2 N–H and O–H groups in total. The molecule has 0 aliphatic heterocycles. The molecule has 0 aliphatic carbocycles. The van der Waals surface area contributed by atoms with E-state index in [1.54, 1.807) is 5.38 Å². The Kier molecular flexibility index (Phi) is 1.91. The Hall–Kier alpha value is -1.03. The Morgan fingerprint density at radius 1 is 1.90 bits per heavy atom. The molecule has 4 heteroatoms. The van der Waals surface area contributed by atoms with Crippen LogP contribution in [0.25, 0.3) is 0 Å². The van der Waals surface area contributed by atoms with Gasteiger partial charge in [-0.3, -0.25) is 9.17 Å². The molecule has 0 spiro atoms. The number of aromatic amines is 1. The minimum Gasteiger partial charge on any atom is -0.513 e. The van der Waals surface area contributed by atoms with Crippen LogP contribution in [0.4, 0.5) is 0 Å². The molecule has 1 rings (SSSR count). The zero-order valence-electron chi connectivity index (χ0n) is 5.26. The van der Waals surface area contributed by atoms with E-state index >= 15 is 0 Å². The smallest absolute Gasteiger partial charge is 0.261 e. The monoisotopic (exact) mass is 157 g/mol. The van der Waals surface area contributed by atoms with Crippen LogP contribution in [-0.4, -0.2) is 9.48 Å². The number of hydrogen-bond donors (Lipinski definition) is 2. The number of hydrogen-bond acceptors (Lipinski definition) is 3. The Morgan fingerprint density at radius 2 is 2.60 bits per heavy atom. The second-order valence-corrected chi connectivity index (χ2v) is 2.61. The molecule has 0 amide bonds. The van der Waals surface area contributed by atoms with Crippen molar-refractivity contribution in [2.24, 2.45) is 0 Å². The molecule has 1 aromatic heterocycles. The summed E-state index contributed by atoms with van der Waals surface area (Å²) in [5, 5.41) is 10.4. The van der Waals surface area contributed by atoms with Gasteiger partial charge in [-0.05, 0) is 0 Å². The second kappa shape index (κ2) is 2.70. The van der Waals surface area contributed by atoms with Crippen LogP contribution in [0.3, 0.4) is 0 Å². The van der Waals surface area contributed by atoms with Crippen LogP contribution < -0.4 is 5.56 Å². The lowest BCUT2D eigenvalue weighted by Crippen LogP contribution is -2.05. The third-order valence-corrected chi connectivity index (χ3v) is 1.74.